The molecule has 0 amide bonds. The first-order valence-corrected chi connectivity index (χ1v) is 15.1. The molecule has 0 spiro atoms. The van der Waals surface area contributed by atoms with Gasteiger partial charge in [-0.05, 0) is 82.2 Å². The number of piperidine rings is 1. The summed E-state index contributed by atoms with van der Waals surface area (Å²) in [5.74, 6) is 0.559. The monoisotopic (exact) mass is 543 g/mol. The molecule has 1 unspecified atom stereocenters. The first-order chi connectivity index (χ1) is 18.2. The highest BCUT2D eigenvalue weighted by molar-refractivity contribution is 7.89. The molecule has 10 heteroatoms. The van der Waals surface area contributed by atoms with Gasteiger partial charge in [0.1, 0.15) is 11.8 Å². The molecular weight excluding hydrogens is 502 g/mol. The van der Waals surface area contributed by atoms with Crippen LogP contribution in [0.3, 0.4) is 0 Å². The molecule has 208 valence electrons. The number of methoxy groups -OCH3 is 1. The first-order valence-electron chi connectivity index (χ1n) is 13.7. The van der Waals surface area contributed by atoms with Crippen LogP contribution in [0.1, 0.15) is 35.7 Å². The van der Waals surface area contributed by atoms with Crippen LogP contribution in [0.5, 0.6) is 5.75 Å². The zero-order valence-corrected chi connectivity index (χ0v) is 23.9. The van der Waals surface area contributed by atoms with Gasteiger partial charge < -0.3 is 14.2 Å². The molecule has 0 radical (unpaired) electrons. The smallest absolute Gasteiger partial charge is 0.244 e. The number of likely N-dealkylation sites (tertiary alicyclic amines) is 1. The standard InChI is InChI=1S/C28H41N5O4S/c1-21-18-24(37-4)19-22(2)28(21)38(35,36)33-17-16-32-9-5-6-25(32)27(33)26(34)20-30-12-14-31(15-13-30)23-7-10-29(3)11-8-23/h5-6,9,18-19,23,27H,7-8,10-17,20H2,1-4H3. The third-order valence-corrected chi connectivity index (χ3v) is 10.7. The van der Waals surface area contributed by atoms with Crippen molar-refractivity contribution in [3.8, 4) is 5.75 Å². The van der Waals surface area contributed by atoms with Crippen molar-refractivity contribution in [2.45, 2.75) is 50.2 Å². The number of hydrogen-bond acceptors (Lipinski definition) is 7. The number of nitrogens with zero attached hydrogens (tertiary/aromatic N) is 5. The van der Waals surface area contributed by atoms with Crippen LogP contribution in [0.15, 0.2) is 35.4 Å². The van der Waals surface area contributed by atoms with Gasteiger partial charge in [0, 0.05) is 57.2 Å². The van der Waals surface area contributed by atoms with Gasteiger partial charge in [0.25, 0.3) is 0 Å². The van der Waals surface area contributed by atoms with E-state index < -0.39 is 16.1 Å². The lowest BCUT2D eigenvalue weighted by Crippen LogP contribution is -2.54. The van der Waals surface area contributed by atoms with Gasteiger partial charge in [-0.2, -0.15) is 4.31 Å². The number of ketones is 1. The summed E-state index contributed by atoms with van der Waals surface area (Å²) in [6.45, 7) is 10.5. The Morgan fingerprint density at radius 1 is 0.974 bits per heavy atom. The van der Waals surface area contributed by atoms with E-state index in [0.717, 1.165) is 45.0 Å². The van der Waals surface area contributed by atoms with Crippen LogP contribution in [0.2, 0.25) is 0 Å². The molecule has 0 bridgehead atoms. The summed E-state index contributed by atoms with van der Waals surface area (Å²) in [6.07, 6.45) is 4.33. The second-order valence-electron chi connectivity index (χ2n) is 11.0. The normalized spacial score (nSPS) is 22.9. The summed E-state index contributed by atoms with van der Waals surface area (Å²) in [7, 11) is -0.163. The van der Waals surface area contributed by atoms with Crippen LogP contribution in [0.25, 0.3) is 0 Å². The van der Waals surface area contributed by atoms with E-state index in [1.807, 2.05) is 22.9 Å². The van der Waals surface area contributed by atoms with E-state index in [0.29, 0.717) is 29.5 Å². The maximum absolute atomic E-state index is 14.1. The minimum atomic E-state index is -3.92. The summed E-state index contributed by atoms with van der Waals surface area (Å²) < 4.78 is 37.0. The van der Waals surface area contributed by atoms with E-state index in [1.54, 1.807) is 33.1 Å². The minimum Gasteiger partial charge on any atom is -0.497 e. The Hall–Kier alpha value is -2.24. The van der Waals surface area contributed by atoms with Crippen LogP contribution in [0.4, 0.5) is 0 Å². The van der Waals surface area contributed by atoms with Gasteiger partial charge in [-0.15, -0.1) is 0 Å². The number of sulfonamides is 1. The highest BCUT2D eigenvalue weighted by Gasteiger charge is 2.42. The van der Waals surface area contributed by atoms with Gasteiger partial charge in [-0.3, -0.25) is 14.6 Å². The molecule has 3 aliphatic rings. The van der Waals surface area contributed by atoms with Gasteiger partial charge >= 0.3 is 0 Å². The third-order valence-electron chi connectivity index (χ3n) is 8.53. The quantitative estimate of drug-likeness (QED) is 0.530. The first kappa shape index (κ1) is 27.3. The van der Waals surface area contributed by atoms with Gasteiger partial charge in [0.05, 0.1) is 18.6 Å². The number of aromatic nitrogens is 1. The van der Waals surface area contributed by atoms with E-state index in [9.17, 15) is 13.2 Å². The van der Waals surface area contributed by atoms with Gasteiger partial charge in [0.2, 0.25) is 10.0 Å². The molecule has 9 nitrogen and oxygen atoms in total. The van der Waals surface area contributed by atoms with Gasteiger partial charge in [-0.25, -0.2) is 8.42 Å². The minimum absolute atomic E-state index is 0.0650. The summed E-state index contributed by atoms with van der Waals surface area (Å²) in [6, 6.07) is 7.06. The highest BCUT2D eigenvalue weighted by Crippen LogP contribution is 2.36. The van der Waals surface area contributed by atoms with E-state index in [1.165, 1.54) is 17.1 Å². The second-order valence-corrected chi connectivity index (χ2v) is 12.9. The van der Waals surface area contributed by atoms with Crippen LogP contribution >= 0.6 is 0 Å². The largest absolute Gasteiger partial charge is 0.497 e. The fourth-order valence-electron chi connectivity index (χ4n) is 6.45. The Labute approximate surface area is 227 Å². The fraction of sp³-hybridized carbons (Fsp3) is 0.607. The van der Waals surface area contributed by atoms with Crippen LogP contribution < -0.4 is 4.74 Å². The number of hydrogen-bond donors (Lipinski definition) is 0. The number of benzene rings is 1. The van der Waals surface area contributed by atoms with Crippen molar-refractivity contribution in [2.24, 2.45) is 0 Å². The Bertz CT molecular complexity index is 1240. The Balaban J connectivity index is 1.34. The van der Waals surface area contributed by atoms with Crippen molar-refractivity contribution in [3.05, 3.63) is 47.3 Å². The zero-order chi connectivity index (χ0) is 27.0. The van der Waals surface area contributed by atoms with Crippen LogP contribution in [-0.4, -0.2) is 110 Å². The van der Waals surface area contributed by atoms with E-state index in [4.69, 9.17) is 4.74 Å². The van der Waals surface area contributed by atoms with Gasteiger partial charge in [-0.1, -0.05) is 0 Å². The summed E-state index contributed by atoms with van der Waals surface area (Å²) in [4.78, 5) is 21.3. The van der Waals surface area contributed by atoms with Crippen molar-refractivity contribution in [1.29, 1.82) is 0 Å². The average molecular weight is 544 g/mol. The Kier molecular flexibility index (Phi) is 7.98. The summed E-state index contributed by atoms with van der Waals surface area (Å²) in [5, 5.41) is 0. The molecule has 3 aliphatic heterocycles. The van der Waals surface area contributed by atoms with Crippen molar-refractivity contribution >= 4 is 15.8 Å². The summed E-state index contributed by atoms with van der Waals surface area (Å²) in [5.41, 5.74) is 2.00. The molecule has 2 saturated heterocycles. The Morgan fingerprint density at radius 2 is 1.63 bits per heavy atom. The lowest BCUT2D eigenvalue weighted by atomic mass is 10.0. The van der Waals surface area contributed by atoms with Crippen molar-refractivity contribution < 1.29 is 17.9 Å². The molecule has 1 atom stereocenters. The molecule has 4 heterocycles. The second kappa shape index (κ2) is 11.1. The van der Waals surface area contributed by atoms with Gasteiger partial charge in [0.15, 0.2) is 5.78 Å². The maximum Gasteiger partial charge on any atom is 0.244 e. The van der Waals surface area contributed by atoms with E-state index in [2.05, 4.69) is 21.7 Å². The predicted octanol–water partition coefficient (Wildman–Crippen LogP) is 2.14. The molecule has 2 fully saturated rings. The molecule has 5 rings (SSSR count). The number of aryl methyl sites for hydroxylation is 2. The molecule has 0 saturated carbocycles. The van der Waals surface area contributed by atoms with Crippen molar-refractivity contribution in [1.82, 2.24) is 23.6 Å². The SMILES string of the molecule is COc1cc(C)c(S(=O)(=O)N2CCn3cccc3C2C(=O)CN2CCN(C3CCN(C)CC3)CC2)c(C)c1. The van der Waals surface area contributed by atoms with E-state index >= 15 is 0 Å². The zero-order valence-electron chi connectivity index (χ0n) is 23.1. The third kappa shape index (κ3) is 5.29. The lowest BCUT2D eigenvalue weighted by molar-refractivity contribution is -0.125. The van der Waals surface area contributed by atoms with Crippen molar-refractivity contribution in [3.63, 3.8) is 0 Å². The number of rotatable bonds is 7. The topological polar surface area (TPSA) is 78.3 Å². The molecule has 1 aromatic carbocycles. The van der Waals surface area contributed by atoms with Crippen molar-refractivity contribution in [2.75, 3.05) is 66.5 Å². The highest BCUT2D eigenvalue weighted by atomic mass is 32.2. The number of Topliss-reactive ketones (excluding diaryl/α,β-unsaturated/α-hetero) is 1. The van der Waals surface area contributed by atoms with Crippen LogP contribution in [-0.2, 0) is 21.4 Å². The number of ether oxygens (including phenoxy) is 1. The summed E-state index contributed by atoms with van der Waals surface area (Å²) >= 11 is 0. The number of carbonyl (C=O) groups excluding carboxylic acids is 1. The maximum atomic E-state index is 14.1. The fourth-order valence-corrected chi connectivity index (χ4v) is 8.44. The average Bonchev–Trinajstić information content (AvgIpc) is 3.37. The molecule has 0 N–H and O–H groups in total. The predicted molar refractivity (Wildman–Crippen MR) is 147 cm³/mol. The lowest BCUT2D eigenvalue weighted by Gasteiger charge is -2.42. The van der Waals surface area contributed by atoms with Crippen LogP contribution in [0, 0.1) is 13.8 Å². The number of piperazine rings is 1. The molecule has 1 aromatic heterocycles. The molecule has 2 aromatic rings. The Morgan fingerprint density at radius 3 is 2.26 bits per heavy atom. The molecule has 0 aliphatic carbocycles. The number of carbonyl (C=O) groups is 1. The molecular formula is C28H41N5O4S. The molecule has 38 heavy (non-hydrogen) atoms. The number of fused-ring (bicyclic) bond motifs is 1. The van der Waals surface area contributed by atoms with E-state index in [-0.39, 0.29) is 23.8 Å².